The highest BCUT2D eigenvalue weighted by Gasteiger charge is 2.46. The van der Waals surface area contributed by atoms with Crippen molar-refractivity contribution in [2.75, 3.05) is 6.54 Å². The monoisotopic (exact) mass is 183 g/mol. The number of hydrogen-bond acceptors (Lipinski definition) is 1. The second-order valence-electron chi connectivity index (χ2n) is 3.92. The predicted molar refractivity (Wildman–Crippen MR) is 43.0 cm³/mol. The fourth-order valence-corrected chi connectivity index (χ4v) is 0.560. The van der Waals surface area contributed by atoms with Crippen LogP contribution >= 0.6 is 0 Å². The van der Waals surface area contributed by atoms with Crippen LogP contribution in [0, 0.1) is 5.41 Å². The van der Waals surface area contributed by atoms with E-state index in [1.54, 1.807) is 0 Å². The van der Waals surface area contributed by atoms with E-state index < -0.39 is 11.6 Å². The third kappa shape index (κ3) is 3.43. The normalized spacial score (nSPS) is 14.0. The number of nitrogens with one attached hydrogen (secondary N) is 1. The summed E-state index contributed by atoms with van der Waals surface area (Å²) in [6.07, 6.45) is -4.13. The Balaban J connectivity index is 4.05. The zero-order chi connectivity index (χ0) is 9.99. The highest BCUT2D eigenvalue weighted by Crippen LogP contribution is 2.36. The minimum atomic E-state index is -4.13. The van der Waals surface area contributed by atoms with Crippen molar-refractivity contribution in [3.05, 3.63) is 0 Å². The number of halogens is 3. The molecule has 0 amide bonds. The molecule has 0 saturated carbocycles. The van der Waals surface area contributed by atoms with E-state index in [0.717, 1.165) is 0 Å². The zero-order valence-electron chi connectivity index (χ0n) is 7.92. The van der Waals surface area contributed by atoms with E-state index in [0.29, 0.717) is 0 Å². The average molecular weight is 183 g/mol. The van der Waals surface area contributed by atoms with Crippen molar-refractivity contribution < 1.29 is 13.2 Å². The van der Waals surface area contributed by atoms with Gasteiger partial charge in [-0.1, -0.05) is 13.8 Å². The van der Waals surface area contributed by atoms with Gasteiger partial charge in [0.2, 0.25) is 0 Å². The molecule has 0 radical (unpaired) electrons. The van der Waals surface area contributed by atoms with Gasteiger partial charge in [-0.25, -0.2) is 0 Å². The smallest absolute Gasteiger partial charge is 0.314 e. The van der Waals surface area contributed by atoms with Gasteiger partial charge in [0.15, 0.2) is 0 Å². The molecule has 0 atom stereocenters. The first kappa shape index (κ1) is 11.8. The molecule has 0 aliphatic carbocycles. The molecule has 1 N–H and O–H groups in total. The van der Waals surface area contributed by atoms with Crippen molar-refractivity contribution in [2.45, 2.75) is 39.9 Å². The predicted octanol–water partition coefficient (Wildman–Crippen LogP) is 2.57. The SMILES string of the molecule is CC(C)NCC(C)(C)C(F)(F)F. The van der Waals surface area contributed by atoms with Crippen molar-refractivity contribution >= 4 is 0 Å². The summed E-state index contributed by atoms with van der Waals surface area (Å²) >= 11 is 0. The first-order valence-corrected chi connectivity index (χ1v) is 3.97. The summed E-state index contributed by atoms with van der Waals surface area (Å²) in [7, 11) is 0. The molecule has 12 heavy (non-hydrogen) atoms. The van der Waals surface area contributed by atoms with Crippen LogP contribution in [0.5, 0.6) is 0 Å². The second-order valence-corrected chi connectivity index (χ2v) is 3.92. The largest absolute Gasteiger partial charge is 0.395 e. The zero-order valence-corrected chi connectivity index (χ0v) is 7.92. The van der Waals surface area contributed by atoms with Gasteiger partial charge in [0.05, 0.1) is 5.41 Å². The standard InChI is InChI=1S/C8H16F3N/c1-6(2)12-5-7(3,4)8(9,10)11/h6,12H,5H2,1-4H3. The van der Waals surface area contributed by atoms with Crippen LogP contribution < -0.4 is 5.32 Å². The van der Waals surface area contributed by atoms with E-state index in [2.05, 4.69) is 5.32 Å². The maximum Gasteiger partial charge on any atom is 0.395 e. The molecule has 0 unspecified atom stereocenters. The third-order valence-electron chi connectivity index (χ3n) is 1.72. The second kappa shape index (κ2) is 3.64. The van der Waals surface area contributed by atoms with Gasteiger partial charge in [-0.05, 0) is 13.8 Å². The van der Waals surface area contributed by atoms with E-state index in [-0.39, 0.29) is 12.6 Å². The van der Waals surface area contributed by atoms with Crippen molar-refractivity contribution in [1.29, 1.82) is 0 Å². The first-order chi connectivity index (χ1) is 5.17. The van der Waals surface area contributed by atoms with Crippen molar-refractivity contribution in [3.63, 3.8) is 0 Å². The van der Waals surface area contributed by atoms with Crippen molar-refractivity contribution in [2.24, 2.45) is 5.41 Å². The number of hydrogen-bond donors (Lipinski definition) is 1. The average Bonchev–Trinajstić information content (AvgIpc) is 1.81. The van der Waals surface area contributed by atoms with E-state index >= 15 is 0 Å². The van der Waals surface area contributed by atoms with E-state index in [1.165, 1.54) is 13.8 Å². The van der Waals surface area contributed by atoms with Gasteiger partial charge >= 0.3 is 6.18 Å². The van der Waals surface area contributed by atoms with Gasteiger partial charge < -0.3 is 5.32 Å². The fourth-order valence-electron chi connectivity index (χ4n) is 0.560. The summed E-state index contributed by atoms with van der Waals surface area (Å²) in [4.78, 5) is 0. The van der Waals surface area contributed by atoms with Crippen LogP contribution in [-0.2, 0) is 0 Å². The van der Waals surface area contributed by atoms with Crippen molar-refractivity contribution in [3.8, 4) is 0 Å². The molecule has 0 fully saturated rings. The highest BCUT2D eigenvalue weighted by atomic mass is 19.4. The van der Waals surface area contributed by atoms with Gasteiger partial charge in [-0.15, -0.1) is 0 Å². The molecule has 0 aromatic rings. The van der Waals surface area contributed by atoms with Crippen LogP contribution in [0.1, 0.15) is 27.7 Å². The molecular formula is C8H16F3N. The Morgan fingerprint density at radius 3 is 1.83 bits per heavy atom. The van der Waals surface area contributed by atoms with E-state index in [4.69, 9.17) is 0 Å². The Labute approximate surface area is 71.3 Å². The first-order valence-electron chi connectivity index (χ1n) is 3.97. The van der Waals surface area contributed by atoms with Crippen LogP contribution in [0.4, 0.5) is 13.2 Å². The molecule has 0 rings (SSSR count). The molecule has 0 heterocycles. The molecule has 4 heteroatoms. The molecule has 0 aromatic carbocycles. The number of rotatable bonds is 3. The quantitative estimate of drug-likeness (QED) is 0.709. The summed E-state index contributed by atoms with van der Waals surface area (Å²) in [5.41, 5.74) is -1.64. The summed E-state index contributed by atoms with van der Waals surface area (Å²) in [5.74, 6) is 0. The maximum atomic E-state index is 12.2. The Hall–Kier alpha value is -0.250. The minimum absolute atomic E-state index is 0.0336. The third-order valence-corrected chi connectivity index (χ3v) is 1.72. The fraction of sp³-hybridized carbons (Fsp3) is 1.00. The van der Waals surface area contributed by atoms with Gasteiger partial charge in [0.1, 0.15) is 0 Å². The van der Waals surface area contributed by atoms with Crippen LogP contribution in [-0.4, -0.2) is 18.8 Å². The lowest BCUT2D eigenvalue weighted by Gasteiger charge is -2.28. The van der Waals surface area contributed by atoms with Crippen LogP contribution in [0.2, 0.25) is 0 Å². The van der Waals surface area contributed by atoms with Gasteiger partial charge in [-0.2, -0.15) is 13.2 Å². The Morgan fingerprint density at radius 1 is 1.17 bits per heavy atom. The van der Waals surface area contributed by atoms with Crippen molar-refractivity contribution in [1.82, 2.24) is 5.32 Å². The summed E-state index contributed by atoms with van der Waals surface area (Å²) in [6.45, 7) is 6.01. The summed E-state index contributed by atoms with van der Waals surface area (Å²) in [5, 5.41) is 2.77. The minimum Gasteiger partial charge on any atom is -0.314 e. The Bertz CT molecular complexity index is 138. The lowest BCUT2D eigenvalue weighted by atomic mass is 9.92. The molecule has 0 aromatic heterocycles. The van der Waals surface area contributed by atoms with Gasteiger partial charge in [0, 0.05) is 12.6 Å². The topological polar surface area (TPSA) is 12.0 Å². The summed E-state index contributed by atoms with van der Waals surface area (Å²) in [6, 6.07) is 0.0895. The summed E-state index contributed by atoms with van der Waals surface area (Å²) < 4.78 is 36.7. The molecule has 0 aliphatic rings. The lowest BCUT2D eigenvalue weighted by Crippen LogP contribution is -2.43. The molecule has 0 aliphatic heterocycles. The van der Waals surface area contributed by atoms with Crippen LogP contribution in [0.25, 0.3) is 0 Å². The number of alkyl halides is 3. The Morgan fingerprint density at radius 2 is 1.58 bits per heavy atom. The molecule has 0 bridgehead atoms. The molecule has 0 saturated heterocycles. The maximum absolute atomic E-state index is 12.2. The van der Waals surface area contributed by atoms with Gasteiger partial charge in [-0.3, -0.25) is 0 Å². The van der Waals surface area contributed by atoms with E-state index in [1.807, 2.05) is 13.8 Å². The van der Waals surface area contributed by atoms with E-state index in [9.17, 15) is 13.2 Å². The van der Waals surface area contributed by atoms with Gasteiger partial charge in [0.25, 0.3) is 0 Å². The lowest BCUT2D eigenvalue weighted by molar-refractivity contribution is -0.209. The molecular weight excluding hydrogens is 167 g/mol. The molecule has 74 valence electrons. The molecule has 1 nitrogen and oxygen atoms in total. The Kier molecular flexibility index (Phi) is 3.57. The highest BCUT2D eigenvalue weighted by molar-refractivity contribution is 4.80. The van der Waals surface area contributed by atoms with Crippen LogP contribution in [0.3, 0.4) is 0 Å². The van der Waals surface area contributed by atoms with Crippen LogP contribution in [0.15, 0.2) is 0 Å². The molecule has 0 spiro atoms.